The highest BCUT2D eigenvalue weighted by Crippen LogP contribution is 2.16. The van der Waals surface area contributed by atoms with Crippen LogP contribution in [0.4, 0.5) is 5.82 Å². The number of carbonyl (C=O) groups is 3. The normalized spacial score (nSPS) is 15.6. The van der Waals surface area contributed by atoms with Gasteiger partial charge in [-0.2, -0.15) is 0 Å². The number of ketones is 1. The highest BCUT2D eigenvalue weighted by Gasteiger charge is 2.29. The van der Waals surface area contributed by atoms with Crippen molar-refractivity contribution in [1.29, 1.82) is 0 Å². The van der Waals surface area contributed by atoms with Gasteiger partial charge in [-0.3, -0.25) is 14.5 Å². The van der Waals surface area contributed by atoms with Crippen molar-refractivity contribution in [1.82, 2.24) is 10.2 Å². The largest absolute Gasteiger partial charge is 0.476 e. The molecule has 0 aromatic carbocycles. The molecule has 1 aromatic rings. The summed E-state index contributed by atoms with van der Waals surface area (Å²) in [6.07, 6.45) is -0.137. The SMILES string of the molecule is O=C1CC(=O)N(c2ccc(C(=O)O)nn2)C1. The van der Waals surface area contributed by atoms with E-state index >= 15 is 0 Å². The number of amides is 1. The second-order valence-electron chi connectivity index (χ2n) is 3.28. The monoisotopic (exact) mass is 221 g/mol. The molecule has 2 heterocycles. The minimum Gasteiger partial charge on any atom is -0.476 e. The average molecular weight is 221 g/mol. The Labute approximate surface area is 89.7 Å². The maximum absolute atomic E-state index is 11.3. The van der Waals surface area contributed by atoms with Crippen LogP contribution in [0, 0.1) is 0 Å². The zero-order valence-corrected chi connectivity index (χ0v) is 8.08. The first-order chi connectivity index (χ1) is 7.58. The molecule has 1 fully saturated rings. The van der Waals surface area contributed by atoms with Gasteiger partial charge >= 0.3 is 5.97 Å². The molecule has 0 radical (unpaired) electrons. The first-order valence-electron chi connectivity index (χ1n) is 4.47. The molecular weight excluding hydrogens is 214 g/mol. The van der Waals surface area contributed by atoms with Crippen molar-refractivity contribution in [3.63, 3.8) is 0 Å². The van der Waals surface area contributed by atoms with Crippen molar-refractivity contribution in [3.8, 4) is 0 Å². The van der Waals surface area contributed by atoms with Crippen LogP contribution in [-0.4, -0.2) is 39.5 Å². The Bertz CT molecular complexity index is 468. The number of carboxylic acid groups (broad SMARTS) is 1. The van der Waals surface area contributed by atoms with Gasteiger partial charge in [0.05, 0.1) is 13.0 Å². The van der Waals surface area contributed by atoms with E-state index in [1.807, 2.05) is 0 Å². The van der Waals surface area contributed by atoms with Crippen molar-refractivity contribution < 1.29 is 19.5 Å². The number of hydrogen-bond acceptors (Lipinski definition) is 5. The highest BCUT2D eigenvalue weighted by atomic mass is 16.4. The summed E-state index contributed by atoms with van der Waals surface area (Å²) in [7, 11) is 0. The van der Waals surface area contributed by atoms with E-state index in [1.165, 1.54) is 17.0 Å². The highest BCUT2D eigenvalue weighted by molar-refractivity contribution is 6.14. The third-order valence-corrected chi connectivity index (χ3v) is 2.13. The fourth-order valence-electron chi connectivity index (χ4n) is 1.38. The summed E-state index contributed by atoms with van der Waals surface area (Å²) in [4.78, 5) is 34.0. The lowest BCUT2D eigenvalue weighted by atomic mass is 10.3. The number of rotatable bonds is 2. The van der Waals surface area contributed by atoms with Crippen LogP contribution in [-0.2, 0) is 9.59 Å². The van der Waals surface area contributed by atoms with Crippen LogP contribution in [0.2, 0.25) is 0 Å². The van der Waals surface area contributed by atoms with Crippen LogP contribution in [0.5, 0.6) is 0 Å². The fourth-order valence-corrected chi connectivity index (χ4v) is 1.38. The van der Waals surface area contributed by atoms with Gasteiger partial charge in [-0.1, -0.05) is 0 Å². The van der Waals surface area contributed by atoms with Crippen LogP contribution in [0.3, 0.4) is 0 Å². The summed E-state index contributed by atoms with van der Waals surface area (Å²) in [6, 6.07) is 2.59. The Morgan fingerprint density at radius 1 is 1.31 bits per heavy atom. The molecule has 16 heavy (non-hydrogen) atoms. The first kappa shape index (κ1) is 10.2. The standard InChI is InChI=1S/C9H7N3O4/c13-5-3-8(14)12(4-5)7-2-1-6(9(15)16)10-11-7/h1-2H,3-4H2,(H,15,16). The number of anilines is 1. The van der Waals surface area contributed by atoms with Gasteiger partial charge in [0.1, 0.15) is 0 Å². The lowest BCUT2D eigenvalue weighted by Crippen LogP contribution is -2.26. The van der Waals surface area contributed by atoms with E-state index in [9.17, 15) is 14.4 Å². The summed E-state index contributed by atoms with van der Waals surface area (Å²) in [5.74, 6) is -1.53. The Morgan fingerprint density at radius 2 is 2.06 bits per heavy atom. The van der Waals surface area contributed by atoms with Crippen molar-refractivity contribution in [2.24, 2.45) is 0 Å². The zero-order valence-electron chi connectivity index (χ0n) is 8.08. The molecule has 1 aromatic heterocycles. The van der Waals surface area contributed by atoms with Crippen molar-refractivity contribution >= 4 is 23.5 Å². The molecule has 2 rings (SSSR count). The van der Waals surface area contributed by atoms with Crippen molar-refractivity contribution in [2.75, 3.05) is 11.4 Å². The van der Waals surface area contributed by atoms with E-state index < -0.39 is 5.97 Å². The Hall–Kier alpha value is -2.31. The van der Waals surface area contributed by atoms with Crippen LogP contribution in [0.15, 0.2) is 12.1 Å². The maximum atomic E-state index is 11.3. The van der Waals surface area contributed by atoms with Gasteiger partial charge in [0.15, 0.2) is 17.3 Å². The number of aromatic carboxylic acids is 1. The third kappa shape index (κ3) is 1.74. The second-order valence-corrected chi connectivity index (χ2v) is 3.28. The van der Waals surface area contributed by atoms with E-state index in [1.54, 1.807) is 0 Å². The summed E-state index contributed by atoms with van der Waals surface area (Å²) >= 11 is 0. The summed E-state index contributed by atoms with van der Waals surface area (Å²) < 4.78 is 0. The fraction of sp³-hybridized carbons (Fsp3) is 0.222. The van der Waals surface area contributed by atoms with Crippen LogP contribution in [0.1, 0.15) is 16.9 Å². The van der Waals surface area contributed by atoms with Gasteiger partial charge in [0.2, 0.25) is 5.91 Å². The Kier molecular flexibility index (Phi) is 2.35. The maximum Gasteiger partial charge on any atom is 0.356 e. The van der Waals surface area contributed by atoms with Crippen LogP contribution in [0.25, 0.3) is 0 Å². The van der Waals surface area contributed by atoms with Crippen molar-refractivity contribution in [2.45, 2.75) is 6.42 Å². The molecule has 1 amide bonds. The second kappa shape index (κ2) is 3.69. The molecule has 0 bridgehead atoms. The quantitative estimate of drug-likeness (QED) is 0.674. The van der Waals surface area contributed by atoms with Gasteiger partial charge in [0, 0.05) is 0 Å². The predicted octanol–water partition coefficient (Wildman–Crippen LogP) is -0.519. The molecule has 1 aliphatic heterocycles. The summed E-state index contributed by atoms with van der Waals surface area (Å²) in [6.45, 7) is -0.0278. The molecule has 1 aliphatic rings. The molecule has 82 valence electrons. The average Bonchev–Trinajstić information content (AvgIpc) is 2.58. The predicted molar refractivity (Wildman–Crippen MR) is 51.0 cm³/mol. The molecule has 1 N–H and O–H groups in total. The lowest BCUT2D eigenvalue weighted by Gasteiger charge is -2.11. The molecule has 7 heteroatoms. The van der Waals surface area contributed by atoms with E-state index in [0.717, 1.165) is 0 Å². The topological polar surface area (TPSA) is 100 Å². The number of hydrogen-bond donors (Lipinski definition) is 1. The minimum absolute atomic E-state index is 0.0278. The molecule has 1 saturated heterocycles. The van der Waals surface area contributed by atoms with Gasteiger partial charge in [-0.25, -0.2) is 4.79 Å². The van der Waals surface area contributed by atoms with E-state index in [2.05, 4.69) is 10.2 Å². The lowest BCUT2D eigenvalue weighted by molar-refractivity contribution is -0.121. The van der Waals surface area contributed by atoms with Gasteiger partial charge in [-0.15, -0.1) is 10.2 Å². The number of nitrogens with zero attached hydrogens (tertiary/aromatic N) is 3. The smallest absolute Gasteiger partial charge is 0.356 e. The van der Waals surface area contributed by atoms with Gasteiger partial charge in [0.25, 0.3) is 0 Å². The molecule has 0 atom stereocenters. The van der Waals surface area contributed by atoms with E-state index in [4.69, 9.17) is 5.11 Å². The van der Waals surface area contributed by atoms with E-state index in [0.29, 0.717) is 0 Å². The van der Waals surface area contributed by atoms with E-state index in [-0.39, 0.29) is 36.2 Å². The third-order valence-electron chi connectivity index (χ3n) is 2.13. The molecule has 0 spiro atoms. The Morgan fingerprint density at radius 3 is 2.50 bits per heavy atom. The van der Waals surface area contributed by atoms with Crippen LogP contribution < -0.4 is 4.90 Å². The number of Topliss-reactive ketones (excluding diaryl/α,β-unsaturated/α-hetero) is 1. The molecule has 0 unspecified atom stereocenters. The van der Waals surface area contributed by atoms with Gasteiger partial charge < -0.3 is 5.11 Å². The first-order valence-corrected chi connectivity index (χ1v) is 4.47. The van der Waals surface area contributed by atoms with Crippen molar-refractivity contribution in [3.05, 3.63) is 17.8 Å². The number of aromatic nitrogens is 2. The minimum atomic E-state index is -1.19. The molecular formula is C9H7N3O4. The molecule has 0 saturated carbocycles. The number of carboxylic acids is 1. The zero-order chi connectivity index (χ0) is 11.7. The molecule has 7 nitrogen and oxygen atoms in total. The Balaban J connectivity index is 2.25. The molecule has 0 aliphatic carbocycles. The van der Waals surface area contributed by atoms with Crippen LogP contribution >= 0.6 is 0 Å². The van der Waals surface area contributed by atoms with Gasteiger partial charge in [-0.05, 0) is 12.1 Å². The summed E-state index contributed by atoms with van der Waals surface area (Å²) in [5, 5.41) is 15.6. The summed E-state index contributed by atoms with van der Waals surface area (Å²) in [5.41, 5.74) is -0.207. The number of carbonyl (C=O) groups excluding carboxylic acids is 2.